The van der Waals surface area contributed by atoms with E-state index in [0.29, 0.717) is 11.5 Å². The molecule has 0 spiro atoms. The van der Waals surface area contributed by atoms with E-state index in [1.165, 1.54) is 49.3 Å². The molecule has 0 radical (unpaired) electrons. The highest BCUT2D eigenvalue weighted by atomic mass is 16.5. The molecule has 0 bridgehead atoms. The first-order valence-corrected chi connectivity index (χ1v) is 10.4. The molecule has 0 saturated heterocycles. The molecule has 0 fully saturated rings. The van der Waals surface area contributed by atoms with Crippen LogP contribution in [0.2, 0.25) is 0 Å². The van der Waals surface area contributed by atoms with Gasteiger partial charge in [-0.15, -0.1) is 0 Å². The fourth-order valence-corrected chi connectivity index (χ4v) is 3.18. The molecule has 6 nitrogen and oxygen atoms in total. The third-order valence-corrected chi connectivity index (χ3v) is 5.28. The maximum atomic E-state index is 10.6. The Balaban J connectivity index is 2.68. The van der Waals surface area contributed by atoms with E-state index in [-0.39, 0.29) is 24.5 Å². The van der Waals surface area contributed by atoms with E-state index in [1.54, 1.807) is 18.2 Å². The van der Waals surface area contributed by atoms with E-state index >= 15 is 0 Å². The van der Waals surface area contributed by atoms with Crippen molar-refractivity contribution in [3.8, 4) is 29.1 Å². The van der Waals surface area contributed by atoms with Crippen LogP contribution in [0.3, 0.4) is 0 Å². The molecule has 2 aromatic rings. The fourth-order valence-electron chi connectivity index (χ4n) is 3.18. The molecule has 33 heavy (non-hydrogen) atoms. The van der Waals surface area contributed by atoms with Gasteiger partial charge in [0.15, 0.2) is 23.0 Å². The number of ether oxygens (including phenoxy) is 4. The molecule has 6 heteroatoms. The van der Waals surface area contributed by atoms with E-state index in [2.05, 4.69) is 0 Å². The maximum Gasteiger partial charge on any atom is 0.161 e. The molecule has 0 N–H and O–H groups in total. The molecule has 2 rings (SSSR count). The number of likely N-dealkylation sites (N-methyl/N-ethyl adjacent to an activating group) is 1. The van der Waals surface area contributed by atoms with Crippen LogP contribution >= 0.6 is 0 Å². The molecule has 2 aromatic carbocycles. The van der Waals surface area contributed by atoms with Crippen molar-refractivity contribution in [1.82, 2.24) is 4.90 Å². The zero-order valence-electron chi connectivity index (χ0n) is 29.3. The highest BCUT2D eigenvalue weighted by Gasteiger charge is 2.36. The zero-order chi connectivity index (χ0) is 32.4. The lowest BCUT2D eigenvalue weighted by Gasteiger charge is -2.32. The second kappa shape index (κ2) is 12.4. The topological polar surface area (TPSA) is 64.0 Å². The number of methoxy groups -OCH3 is 4. The molecule has 0 aliphatic carbocycles. The lowest BCUT2D eigenvalue weighted by atomic mass is 9.69. The smallest absolute Gasteiger partial charge is 0.161 e. The number of nitriles is 1. The summed E-state index contributed by atoms with van der Waals surface area (Å²) in [6.07, 6.45) is -6.49. The van der Waals surface area contributed by atoms with Gasteiger partial charge in [-0.2, -0.15) is 5.26 Å². The van der Waals surface area contributed by atoms with Crippen LogP contribution in [-0.4, -0.2) is 53.4 Å². The summed E-state index contributed by atoms with van der Waals surface area (Å²) in [5.74, 6) is -0.694. The summed E-state index contributed by atoms with van der Waals surface area (Å²) in [5, 5.41) is 10.6. The van der Waals surface area contributed by atoms with Gasteiger partial charge in [0, 0.05) is 14.8 Å². The van der Waals surface area contributed by atoms with Crippen molar-refractivity contribution in [3.05, 3.63) is 47.5 Å². The standard InChI is InChI=1S/C27H38N2O4/c1-20(2)27(19-28,22-10-12-24(31-5)26(18-22)33-7)14-8-15-29(3)16-13-21-9-11-23(30-4)25(17-21)32-6/h9-12,17-18,20H,8,13-16H2,1-7H3/i8D2,10D,12D,14D2,15D2,18D. The first-order valence-electron chi connectivity index (χ1n) is 14.9. The summed E-state index contributed by atoms with van der Waals surface area (Å²) in [5.41, 5.74) is -2.45. The second-order valence-corrected chi connectivity index (χ2v) is 7.61. The van der Waals surface area contributed by atoms with Gasteiger partial charge in [0.1, 0.15) is 0 Å². The third-order valence-electron chi connectivity index (χ3n) is 5.28. The summed E-state index contributed by atoms with van der Waals surface area (Å²) in [7, 11) is 6.67. The van der Waals surface area contributed by atoms with Gasteiger partial charge in [0.05, 0.1) is 44.0 Å². The van der Waals surface area contributed by atoms with Crippen molar-refractivity contribution < 1.29 is 31.3 Å². The van der Waals surface area contributed by atoms with Crippen LogP contribution in [0.5, 0.6) is 23.0 Å². The van der Waals surface area contributed by atoms with Crippen LogP contribution < -0.4 is 18.9 Å². The molecule has 1 atom stereocenters. The van der Waals surface area contributed by atoms with Gasteiger partial charge in [-0.25, -0.2) is 0 Å². The van der Waals surface area contributed by atoms with Gasteiger partial charge in [-0.3, -0.25) is 0 Å². The van der Waals surface area contributed by atoms with Gasteiger partial charge in [0.25, 0.3) is 0 Å². The van der Waals surface area contributed by atoms with Crippen molar-refractivity contribution in [1.29, 1.82) is 5.26 Å². The second-order valence-electron chi connectivity index (χ2n) is 7.61. The predicted octanol–water partition coefficient (Wildman–Crippen LogP) is 5.09. The molecule has 1 unspecified atom stereocenters. The summed E-state index contributed by atoms with van der Waals surface area (Å²) in [6, 6.07) is 5.05. The molecule has 0 aromatic heterocycles. The molecule has 0 aliphatic heterocycles. The minimum absolute atomic E-state index is 0.0417. The van der Waals surface area contributed by atoms with Crippen LogP contribution in [0, 0.1) is 17.2 Å². The minimum atomic E-state index is -3.39. The van der Waals surface area contributed by atoms with Crippen molar-refractivity contribution >= 4 is 0 Å². The summed E-state index contributed by atoms with van der Waals surface area (Å²) in [4.78, 5) is 1.03. The number of rotatable bonds is 13. The normalized spacial score (nSPS) is 18.1. The van der Waals surface area contributed by atoms with Gasteiger partial charge in [-0.1, -0.05) is 26.0 Å². The van der Waals surface area contributed by atoms with E-state index in [1.807, 2.05) is 6.07 Å². The Morgan fingerprint density at radius 3 is 2.27 bits per heavy atom. The van der Waals surface area contributed by atoms with Crippen LogP contribution in [0.15, 0.2) is 36.3 Å². The quantitative estimate of drug-likeness (QED) is 0.412. The number of benzene rings is 2. The summed E-state index contributed by atoms with van der Waals surface area (Å²) >= 11 is 0. The Morgan fingerprint density at radius 2 is 1.70 bits per heavy atom. The monoisotopic (exact) mass is 463 g/mol. The van der Waals surface area contributed by atoms with Gasteiger partial charge < -0.3 is 23.8 Å². The minimum Gasteiger partial charge on any atom is -0.493 e. The highest BCUT2D eigenvalue weighted by Crippen LogP contribution is 2.40. The fraction of sp³-hybridized carbons (Fsp3) is 0.519. The molecule has 0 aliphatic rings. The Hall–Kier alpha value is -2.91. The largest absolute Gasteiger partial charge is 0.493 e. The van der Waals surface area contributed by atoms with Crippen LogP contribution in [0.1, 0.15) is 50.1 Å². The Kier molecular flexibility index (Phi) is 5.93. The van der Waals surface area contributed by atoms with Crippen LogP contribution in [0.25, 0.3) is 0 Å². The molecular formula is C27H38N2O4. The maximum absolute atomic E-state index is 10.6. The predicted molar refractivity (Wildman–Crippen MR) is 132 cm³/mol. The zero-order valence-corrected chi connectivity index (χ0v) is 20.3. The SMILES string of the molecule is [2H]c1c([2H])c(C(C#N)(C(C)C)C([2H])([2H])C([2H])([2H])C([2H])([2H])N(C)CCc2ccc(OC)c(OC)c2)c([2H])c(OC)c1OC. The highest BCUT2D eigenvalue weighted by molar-refractivity contribution is 5.47. The van der Waals surface area contributed by atoms with Crippen molar-refractivity contribution in [3.63, 3.8) is 0 Å². The number of hydrogen-bond acceptors (Lipinski definition) is 6. The van der Waals surface area contributed by atoms with E-state index in [4.69, 9.17) is 31.3 Å². The molecular weight excluding hydrogens is 416 g/mol. The Bertz CT molecular complexity index is 1330. The van der Waals surface area contributed by atoms with Crippen molar-refractivity contribution in [2.45, 2.75) is 38.4 Å². The number of hydrogen-bond donors (Lipinski definition) is 0. The summed E-state index contributed by atoms with van der Waals surface area (Å²) in [6.45, 7) is -0.186. The lowest BCUT2D eigenvalue weighted by molar-refractivity contribution is 0.292. The number of nitrogens with zero attached hydrogens (tertiary/aromatic N) is 2. The summed E-state index contributed by atoms with van der Waals surface area (Å²) < 4.78 is 100. The third kappa shape index (κ3) is 6.33. The van der Waals surface area contributed by atoms with Crippen molar-refractivity contribution in [2.75, 3.05) is 48.5 Å². The molecule has 0 heterocycles. The van der Waals surface area contributed by atoms with Crippen LogP contribution in [-0.2, 0) is 11.8 Å². The Labute approximate surface area is 211 Å². The average molecular weight is 464 g/mol. The molecule has 0 saturated carbocycles. The first-order chi connectivity index (χ1) is 19.4. The van der Waals surface area contributed by atoms with Gasteiger partial charge in [0.2, 0.25) is 0 Å². The lowest BCUT2D eigenvalue weighted by Crippen LogP contribution is -2.32. The average Bonchev–Trinajstić information content (AvgIpc) is 2.94. The van der Waals surface area contributed by atoms with E-state index in [0.717, 1.165) is 10.5 Å². The first kappa shape index (κ1) is 15.8. The van der Waals surface area contributed by atoms with Gasteiger partial charge in [-0.05, 0) is 74.0 Å². The van der Waals surface area contributed by atoms with Crippen LogP contribution in [0.4, 0.5) is 0 Å². The van der Waals surface area contributed by atoms with E-state index in [9.17, 15) is 5.26 Å². The molecule has 0 amide bonds. The van der Waals surface area contributed by atoms with Gasteiger partial charge >= 0.3 is 0 Å². The van der Waals surface area contributed by atoms with E-state index < -0.39 is 54.3 Å². The Morgan fingerprint density at radius 1 is 1.03 bits per heavy atom. The molecule has 180 valence electrons. The van der Waals surface area contributed by atoms with Crippen molar-refractivity contribution in [2.24, 2.45) is 5.92 Å².